The van der Waals surface area contributed by atoms with Gasteiger partial charge in [0.15, 0.2) is 0 Å². The fraction of sp³-hybridized carbons (Fsp3) is 1.00. The Morgan fingerprint density at radius 3 is 1.60 bits per heavy atom. The summed E-state index contributed by atoms with van der Waals surface area (Å²) in [4.78, 5) is 0. The van der Waals surface area contributed by atoms with Crippen LogP contribution in [0.4, 0.5) is 0 Å². The molecule has 2 rings (SSSR count). The van der Waals surface area contributed by atoms with Crippen molar-refractivity contribution in [3.63, 3.8) is 0 Å². The van der Waals surface area contributed by atoms with Gasteiger partial charge in [-0.3, -0.25) is 0 Å². The van der Waals surface area contributed by atoms with Crippen LogP contribution in [0.1, 0.15) is 79.1 Å². The lowest BCUT2D eigenvalue weighted by Crippen LogP contribution is -2.29. The SMILES string of the molecule is CC(C)C1CCC(N)CC1.CC(C)C1CCCC(N)C1. The van der Waals surface area contributed by atoms with E-state index in [1.807, 2.05) is 0 Å². The van der Waals surface area contributed by atoms with E-state index in [0.717, 1.165) is 23.7 Å². The molecule has 0 heterocycles. The molecule has 0 amide bonds. The van der Waals surface area contributed by atoms with Crippen molar-refractivity contribution in [2.24, 2.45) is 35.1 Å². The molecular weight excluding hydrogens is 244 g/mol. The third-order valence-corrected chi connectivity index (χ3v) is 5.46. The highest BCUT2D eigenvalue weighted by Crippen LogP contribution is 2.29. The van der Waals surface area contributed by atoms with E-state index >= 15 is 0 Å². The van der Waals surface area contributed by atoms with E-state index in [9.17, 15) is 0 Å². The molecule has 120 valence electrons. The Labute approximate surface area is 127 Å². The van der Waals surface area contributed by atoms with Crippen molar-refractivity contribution in [2.75, 3.05) is 0 Å². The van der Waals surface area contributed by atoms with Crippen molar-refractivity contribution in [3.05, 3.63) is 0 Å². The summed E-state index contributed by atoms with van der Waals surface area (Å²) in [7, 11) is 0. The van der Waals surface area contributed by atoms with E-state index in [1.165, 1.54) is 51.4 Å². The molecule has 2 atom stereocenters. The zero-order valence-corrected chi connectivity index (χ0v) is 14.3. The largest absolute Gasteiger partial charge is 0.328 e. The van der Waals surface area contributed by atoms with Crippen molar-refractivity contribution in [2.45, 2.75) is 91.1 Å². The normalized spacial score (nSPS) is 34.8. The van der Waals surface area contributed by atoms with E-state index in [0.29, 0.717) is 12.1 Å². The highest BCUT2D eigenvalue weighted by atomic mass is 14.6. The minimum absolute atomic E-state index is 0.501. The zero-order chi connectivity index (χ0) is 15.1. The van der Waals surface area contributed by atoms with Crippen LogP contribution in [0.5, 0.6) is 0 Å². The minimum Gasteiger partial charge on any atom is -0.328 e. The molecule has 0 bridgehead atoms. The first-order valence-electron chi connectivity index (χ1n) is 8.91. The molecule has 2 saturated carbocycles. The monoisotopic (exact) mass is 282 g/mol. The van der Waals surface area contributed by atoms with Crippen LogP contribution in [0.2, 0.25) is 0 Å². The van der Waals surface area contributed by atoms with Crippen LogP contribution in [0.25, 0.3) is 0 Å². The second-order valence-corrected chi connectivity index (χ2v) is 7.85. The van der Waals surface area contributed by atoms with Gasteiger partial charge >= 0.3 is 0 Å². The second-order valence-electron chi connectivity index (χ2n) is 7.85. The molecule has 0 aliphatic heterocycles. The molecular formula is C18H38N2. The molecule has 2 aliphatic rings. The summed E-state index contributed by atoms with van der Waals surface area (Å²) in [6.45, 7) is 9.26. The highest BCUT2D eigenvalue weighted by molar-refractivity contribution is 4.77. The summed E-state index contributed by atoms with van der Waals surface area (Å²) in [5, 5.41) is 0. The fourth-order valence-corrected chi connectivity index (χ4v) is 3.68. The first-order valence-corrected chi connectivity index (χ1v) is 8.91. The summed E-state index contributed by atoms with van der Waals surface area (Å²) in [6.07, 6.45) is 10.5. The second kappa shape index (κ2) is 9.04. The van der Waals surface area contributed by atoms with Crippen LogP contribution in [0.15, 0.2) is 0 Å². The van der Waals surface area contributed by atoms with Crippen molar-refractivity contribution in [1.29, 1.82) is 0 Å². The van der Waals surface area contributed by atoms with Crippen LogP contribution in [-0.4, -0.2) is 12.1 Å². The summed E-state index contributed by atoms with van der Waals surface area (Å²) in [5.41, 5.74) is 11.7. The van der Waals surface area contributed by atoms with Crippen molar-refractivity contribution in [1.82, 2.24) is 0 Å². The standard InChI is InChI=1S/2C9H19N/c1-7(2)8-3-5-9(10)6-4-8;1-7(2)8-4-3-5-9(10)6-8/h2*7-9H,3-6,10H2,1-2H3. The lowest BCUT2D eigenvalue weighted by atomic mass is 9.80. The van der Waals surface area contributed by atoms with Crippen molar-refractivity contribution < 1.29 is 0 Å². The molecule has 2 nitrogen and oxygen atoms in total. The van der Waals surface area contributed by atoms with E-state index in [4.69, 9.17) is 11.5 Å². The Bertz CT molecular complexity index is 242. The molecule has 2 unspecified atom stereocenters. The maximum Gasteiger partial charge on any atom is 0.00415 e. The zero-order valence-electron chi connectivity index (χ0n) is 14.3. The Hall–Kier alpha value is -0.0800. The van der Waals surface area contributed by atoms with Gasteiger partial charge in [0.2, 0.25) is 0 Å². The van der Waals surface area contributed by atoms with Crippen LogP contribution in [0.3, 0.4) is 0 Å². The molecule has 0 radical (unpaired) electrons. The van der Waals surface area contributed by atoms with Crippen molar-refractivity contribution in [3.8, 4) is 0 Å². The van der Waals surface area contributed by atoms with Gasteiger partial charge in [0.25, 0.3) is 0 Å². The molecule has 2 aliphatic carbocycles. The molecule has 0 aromatic carbocycles. The average Bonchev–Trinajstić information content (AvgIpc) is 2.40. The number of nitrogens with two attached hydrogens (primary N) is 2. The number of hydrogen-bond donors (Lipinski definition) is 2. The van der Waals surface area contributed by atoms with Crippen LogP contribution in [0, 0.1) is 23.7 Å². The Morgan fingerprint density at radius 1 is 0.650 bits per heavy atom. The molecule has 0 aromatic heterocycles. The van der Waals surface area contributed by atoms with Crippen LogP contribution in [-0.2, 0) is 0 Å². The van der Waals surface area contributed by atoms with E-state index in [1.54, 1.807) is 0 Å². The lowest BCUT2D eigenvalue weighted by molar-refractivity contribution is 0.255. The first kappa shape index (κ1) is 18.0. The van der Waals surface area contributed by atoms with Gasteiger partial charge in [-0.1, -0.05) is 40.5 Å². The smallest absolute Gasteiger partial charge is 0.00415 e. The van der Waals surface area contributed by atoms with Crippen LogP contribution >= 0.6 is 0 Å². The number of rotatable bonds is 2. The van der Waals surface area contributed by atoms with Gasteiger partial charge < -0.3 is 11.5 Å². The fourth-order valence-electron chi connectivity index (χ4n) is 3.68. The predicted octanol–water partition coefficient (Wildman–Crippen LogP) is 4.32. The molecule has 4 N–H and O–H groups in total. The van der Waals surface area contributed by atoms with Gasteiger partial charge in [0.05, 0.1) is 0 Å². The summed E-state index contributed by atoms with van der Waals surface area (Å²) in [6, 6.07) is 1.01. The lowest BCUT2D eigenvalue weighted by Gasteiger charge is -2.29. The Balaban J connectivity index is 0.000000200. The third kappa shape index (κ3) is 6.58. The predicted molar refractivity (Wildman–Crippen MR) is 89.5 cm³/mol. The highest BCUT2D eigenvalue weighted by Gasteiger charge is 2.21. The quantitative estimate of drug-likeness (QED) is 0.792. The topological polar surface area (TPSA) is 52.0 Å². The molecule has 2 fully saturated rings. The molecule has 0 spiro atoms. The van der Waals surface area contributed by atoms with Gasteiger partial charge in [-0.05, 0) is 62.2 Å². The first-order chi connectivity index (χ1) is 9.40. The van der Waals surface area contributed by atoms with Gasteiger partial charge in [0, 0.05) is 12.1 Å². The number of hydrogen-bond acceptors (Lipinski definition) is 2. The maximum absolute atomic E-state index is 5.86. The molecule has 2 heteroatoms. The Kier molecular flexibility index (Phi) is 8.13. The van der Waals surface area contributed by atoms with Gasteiger partial charge in [-0.25, -0.2) is 0 Å². The van der Waals surface area contributed by atoms with Gasteiger partial charge in [-0.2, -0.15) is 0 Å². The van der Waals surface area contributed by atoms with Gasteiger partial charge in [0.1, 0.15) is 0 Å². The molecule has 0 saturated heterocycles. The Morgan fingerprint density at radius 2 is 1.20 bits per heavy atom. The van der Waals surface area contributed by atoms with E-state index < -0.39 is 0 Å². The van der Waals surface area contributed by atoms with E-state index in [-0.39, 0.29) is 0 Å². The van der Waals surface area contributed by atoms with Crippen molar-refractivity contribution >= 4 is 0 Å². The minimum atomic E-state index is 0.501. The molecule has 20 heavy (non-hydrogen) atoms. The van der Waals surface area contributed by atoms with Gasteiger partial charge in [-0.15, -0.1) is 0 Å². The van der Waals surface area contributed by atoms with E-state index in [2.05, 4.69) is 27.7 Å². The molecule has 0 aromatic rings. The summed E-state index contributed by atoms with van der Waals surface area (Å²) in [5.74, 6) is 3.57. The summed E-state index contributed by atoms with van der Waals surface area (Å²) >= 11 is 0. The van der Waals surface area contributed by atoms with Crippen LogP contribution < -0.4 is 11.5 Å². The summed E-state index contributed by atoms with van der Waals surface area (Å²) < 4.78 is 0. The third-order valence-electron chi connectivity index (χ3n) is 5.46. The average molecular weight is 283 g/mol. The maximum atomic E-state index is 5.86.